The molecule has 3 heteroatoms. The molecule has 1 aromatic heterocycles. The number of anilines is 2. The molecule has 2 N–H and O–H groups in total. The van der Waals surface area contributed by atoms with E-state index in [1.807, 2.05) is 12.3 Å². The summed E-state index contributed by atoms with van der Waals surface area (Å²) in [5, 5.41) is 8.43. The van der Waals surface area contributed by atoms with Crippen molar-refractivity contribution in [3.05, 3.63) is 30.5 Å². The summed E-state index contributed by atoms with van der Waals surface area (Å²) in [5.74, 6) is 0.863. The number of benzene rings is 1. The number of nitrogens with one attached hydrogen (secondary N) is 2. The third-order valence-corrected chi connectivity index (χ3v) is 3.81. The van der Waals surface area contributed by atoms with Crippen LogP contribution in [0.1, 0.15) is 12.8 Å². The van der Waals surface area contributed by atoms with Crippen molar-refractivity contribution in [3.63, 3.8) is 0 Å². The number of rotatable bonds is 1. The molecule has 0 spiro atoms. The first-order valence-electron chi connectivity index (χ1n) is 6.30. The van der Waals surface area contributed by atoms with Crippen molar-refractivity contribution in [3.8, 4) is 0 Å². The van der Waals surface area contributed by atoms with Crippen molar-refractivity contribution in [1.82, 2.24) is 4.98 Å². The van der Waals surface area contributed by atoms with Gasteiger partial charge in [0.15, 0.2) is 0 Å². The molecule has 0 amide bonds. The van der Waals surface area contributed by atoms with Gasteiger partial charge in [0.25, 0.3) is 0 Å². The van der Waals surface area contributed by atoms with Crippen molar-refractivity contribution >= 4 is 22.3 Å². The average molecular weight is 225 g/mol. The molecule has 2 aliphatic rings. The van der Waals surface area contributed by atoms with E-state index in [2.05, 4.69) is 33.8 Å². The Morgan fingerprint density at radius 1 is 1.18 bits per heavy atom. The van der Waals surface area contributed by atoms with Gasteiger partial charge in [0.1, 0.15) is 0 Å². The standard InChI is InChI=1S/C14H15N3/c1-2-4-11-10(3-1)14-13(8-15-11)16-7-12(17-14)9-5-6-9/h1-4,8-9,12,16-17H,5-7H2. The fourth-order valence-corrected chi connectivity index (χ4v) is 2.67. The number of hydrogen-bond acceptors (Lipinski definition) is 3. The molecule has 1 fully saturated rings. The summed E-state index contributed by atoms with van der Waals surface area (Å²) in [4.78, 5) is 4.48. The molecule has 1 aromatic carbocycles. The molecule has 4 rings (SSSR count). The fourth-order valence-electron chi connectivity index (χ4n) is 2.67. The summed E-state index contributed by atoms with van der Waals surface area (Å²) in [7, 11) is 0. The van der Waals surface area contributed by atoms with Crippen LogP contribution in [0.4, 0.5) is 11.4 Å². The minimum absolute atomic E-state index is 0.591. The number of hydrogen-bond donors (Lipinski definition) is 2. The zero-order valence-corrected chi connectivity index (χ0v) is 9.61. The molecule has 2 aromatic rings. The van der Waals surface area contributed by atoms with Gasteiger partial charge in [-0.3, -0.25) is 4.98 Å². The predicted octanol–water partition coefficient (Wildman–Crippen LogP) is 2.85. The Hall–Kier alpha value is -1.77. The van der Waals surface area contributed by atoms with Gasteiger partial charge in [-0.15, -0.1) is 0 Å². The van der Waals surface area contributed by atoms with Crippen molar-refractivity contribution in [2.45, 2.75) is 18.9 Å². The number of nitrogens with zero attached hydrogens (tertiary/aromatic N) is 1. The second kappa shape index (κ2) is 3.36. The van der Waals surface area contributed by atoms with Gasteiger partial charge in [0.2, 0.25) is 0 Å². The molecular weight excluding hydrogens is 210 g/mol. The van der Waals surface area contributed by atoms with Crippen molar-refractivity contribution in [2.75, 3.05) is 17.2 Å². The first-order chi connectivity index (χ1) is 8.42. The van der Waals surface area contributed by atoms with E-state index in [9.17, 15) is 0 Å². The number of pyridine rings is 1. The summed E-state index contributed by atoms with van der Waals surface area (Å²) in [6.45, 7) is 1.03. The molecule has 2 heterocycles. The number of aromatic nitrogens is 1. The van der Waals surface area contributed by atoms with E-state index in [0.717, 1.165) is 23.7 Å². The van der Waals surface area contributed by atoms with Crippen LogP contribution in [0.5, 0.6) is 0 Å². The maximum Gasteiger partial charge on any atom is 0.0769 e. The van der Waals surface area contributed by atoms with Crippen LogP contribution in [0.15, 0.2) is 30.5 Å². The minimum Gasteiger partial charge on any atom is -0.380 e. The van der Waals surface area contributed by atoms with E-state index < -0.39 is 0 Å². The lowest BCUT2D eigenvalue weighted by atomic mass is 10.1. The van der Waals surface area contributed by atoms with E-state index in [4.69, 9.17) is 0 Å². The molecule has 1 aliphatic carbocycles. The molecule has 1 unspecified atom stereocenters. The summed E-state index contributed by atoms with van der Waals surface area (Å²) in [5.41, 5.74) is 3.44. The molecule has 3 nitrogen and oxygen atoms in total. The quantitative estimate of drug-likeness (QED) is 0.783. The molecular formula is C14H15N3. The average Bonchev–Trinajstić information content (AvgIpc) is 3.22. The van der Waals surface area contributed by atoms with E-state index in [1.54, 1.807) is 0 Å². The van der Waals surface area contributed by atoms with Gasteiger partial charge < -0.3 is 10.6 Å². The van der Waals surface area contributed by atoms with Gasteiger partial charge in [-0.25, -0.2) is 0 Å². The minimum atomic E-state index is 0.591. The van der Waals surface area contributed by atoms with Crippen molar-refractivity contribution in [2.24, 2.45) is 5.92 Å². The smallest absolute Gasteiger partial charge is 0.0769 e. The zero-order chi connectivity index (χ0) is 11.2. The van der Waals surface area contributed by atoms with Crippen LogP contribution in [0.3, 0.4) is 0 Å². The second-order valence-electron chi connectivity index (χ2n) is 5.03. The molecule has 1 saturated carbocycles. The molecule has 0 bridgehead atoms. The predicted molar refractivity (Wildman–Crippen MR) is 70.4 cm³/mol. The summed E-state index contributed by atoms with van der Waals surface area (Å²) in [6, 6.07) is 8.92. The maximum atomic E-state index is 4.48. The van der Waals surface area contributed by atoms with Gasteiger partial charge in [0, 0.05) is 18.0 Å². The molecule has 1 aliphatic heterocycles. The van der Waals surface area contributed by atoms with Gasteiger partial charge in [-0.2, -0.15) is 0 Å². The highest BCUT2D eigenvalue weighted by Crippen LogP contribution is 2.39. The van der Waals surface area contributed by atoms with Crippen LogP contribution in [0.2, 0.25) is 0 Å². The molecule has 0 radical (unpaired) electrons. The van der Waals surface area contributed by atoms with E-state index in [1.165, 1.54) is 23.9 Å². The lowest BCUT2D eigenvalue weighted by Crippen LogP contribution is -2.34. The van der Waals surface area contributed by atoms with Crippen molar-refractivity contribution in [1.29, 1.82) is 0 Å². The largest absolute Gasteiger partial charge is 0.380 e. The van der Waals surface area contributed by atoms with Gasteiger partial charge >= 0.3 is 0 Å². The first kappa shape index (κ1) is 9.28. The molecule has 1 atom stereocenters. The maximum absolute atomic E-state index is 4.48. The molecule has 0 saturated heterocycles. The first-order valence-corrected chi connectivity index (χ1v) is 6.30. The van der Waals surface area contributed by atoms with Crippen LogP contribution in [0.25, 0.3) is 10.9 Å². The normalized spacial score (nSPS) is 22.7. The highest BCUT2D eigenvalue weighted by atomic mass is 15.1. The van der Waals surface area contributed by atoms with E-state index in [0.29, 0.717) is 6.04 Å². The summed E-state index contributed by atoms with van der Waals surface area (Å²) >= 11 is 0. The Bertz CT molecular complexity index is 575. The third kappa shape index (κ3) is 1.46. The topological polar surface area (TPSA) is 37.0 Å². The van der Waals surface area contributed by atoms with Crippen LogP contribution in [0, 0.1) is 5.92 Å². The Morgan fingerprint density at radius 2 is 2.06 bits per heavy atom. The Morgan fingerprint density at radius 3 is 2.94 bits per heavy atom. The fraction of sp³-hybridized carbons (Fsp3) is 0.357. The second-order valence-corrected chi connectivity index (χ2v) is 5.03. The van der Waals surface area contributed by atoms with Gasteiger partial charge in [-0.1, -0.05) is 18.2 Å². The Labute approximate surface area is 100 Å². The van der Waals surface area contributed by atoms with Gasteiger partial charge in [0.05, 0.1) is 23.1 Å². The highest BCUT2D eigenvalue weighted by Gasteiger charge is 2.33. The lowest BCUT2D eigenvalue weighted by molar-refractivity contribution is 0.654. The van der Waals surface area contributed by atoms with Crippen LogP contribution in [-0.4, -0.2) is 17.6 Å². The van der Waals surface area contributed by atoms with Crippen LogP contribution >= 0.6 is 0 Å². The lowest BCUT2D eigenvalue weighted by Gasteiger charge is -2.29. The Balaban J connectivity index is 1.85. The van der Waals surface area contributed by atoms with E-state index in [-0.39, 0.29) is 0 Å². The highest BCUT2D eigenvalue weighted by molar-refractivity contribution is 5.98. The molecule has 17 heavy (non-hydrogen) atoms. The van der Waals surface area contributed by atoms with Crippen molar-refractivity contribution < 1.29 is 0 Å². The third-order valence-electron chi connectivity index (χ3n) is 3.81. The SMILES string of the molecule is c1ccc2c3c(cnc2c1)NCC(C1CC1)N3. The number of fused-ring (bicyclic) bond motifs is 3. The number of para-hydroxylation sites is 1. The summed E-state index contributed by atoms with van der Waals surface area (Å²) < 4.78 is 0. The van der Waals surface area contributed by atoms with Gasteiger partial charge in [-0.05, 0) is 24.8 Å². The molecule has 86 valence electrons. The monoisotopic (exact) mass is 225 g/mol. The zero-order valence-electron chi connectivity index (χ0n) is 9.61. The van der Waals surface area contributed by atoms with Crippen LogP contribution < -0.4 is 10.6 Å². The van der Waals surface area contributed by atoms with E-state index >= 15 is 0 Å². The van der Waals surface area contributed by atoms with Crippen LogP contribution in [-0.2, 0) is 0 Å². The Kier molecular flexibility index (Phi) is 1.83. The summed E-state index contributed by atoms with van der Waals surface area (Å²) in [6.07, 6.45) is 4.68.